The fourth-order valence-electron chi connectivity index (χ4n) is 4.96. The number of nitrogens with one attached hydrogen (secondary N) is 1. The molecule has 6 rings (SSSR count). The summed E-state index contributed by atoms with van der Waals surface area (Å²) < 4.78 is 5.70. The lowest BCUT2D eigenvalue weighted by atomic mass is 9.86. The van der Waals surface area contributed by atoms with E-state index in [4.69, 9.17) is 4.74 Å². The first-order chi connectivity index (χ1) is 16.8. The van der Waals surface area contributed by atoms with Crippen molar-refractivity contribution in [2.45, 2.75) is 0 Å². The predicted molar refractivity (Wildman–Crippen MR) is 140 cm³/mol. The second kappa shape index (κ2) is 8.13. The zero-order valence-electron chi connectivity index (χ0n) is 18.7. The predicted octanol–water partition coefficient (Wildman–Crippen LogP) is 8.04. The van der Waals surface area contributed by atoms with E-state index < -0.39 is 0 Å². The van der Waals surface area contributed by atoms with E-state index in [-0.39, 0.29) is 5.75 Å². The molecule has 0 saturated heterocycles. The van der Waals surface area contributed by atoms with Crippen LogP contribution in [0.1, 0.15) is 0 Å². The van der Waals surface area contributed by atoms with Gasteiger partial charge in [-0.25, -0.2) is 0 Å². The lowest BCUT2D eigenvalue weighted by Gasteiger charge is -2.18. The van der Waals surface area contributed by atoms with E-state index in [1.54, 1.807) is 7.11 Å². The molecule has 0 aliphatic carbocycles. The molecular formula is C31H23NO2. The molecule has 2 N–H and O–H groups in total. The molecule has 3 heteroatoms. The third-order valence-corrected chi connectivity index (χ3v) is 6.43. The smallest absolute Gasteiger partial charge is 0.142 e. The van der Waals surface area contributed by atoms with Crippen LogP contribution in [0.5, 0.6) is 11.5 Å². The van der Waals surface area contributed by atoms with Crippen molar-refractivity contribution in [2.24, 2.45) is 0 Å². The van der Waals surface area contributed by atoms with E-state index in [0.717, 1.165) is 60.9 Å². The Morgan fingerprint density at radius 2 is 1.09 bits per heavy atom. The summed E-state index contributed by atoms with van der Waals surface area (Å²) in [5, 5.41) is 14.0. The van der Waals surface area contributed by atoms with Crippen molar-refractivity contribution in [3.05, 3.63) is 109 Å². The summed E-state index contributed by atoms with van der Waals surface area (Å²) in [5.41, 5.74) is 7.44. The second-order valence-electron chi connectivity index (χ2n) is 8.33. The van der Waals surface area contributed by atoms with E-state index >= 15 is 0 Å². The molecule has 34 heavy (non-hydrogen) atoms. The summed E-state index contributed by atoms with van der Waals surface area (Å²) in [5.74, 6) is 1.04. The molecular weight excluding hydrogens is 418 g/mol. The maximum Gasteiger partial charge on any atom is 0.142 e. The van der Waals surface area contributed by atoms with Crippen molar-refractivity contribution in [3.8, 4) is 44.9 Å². The van der Waals surface area contributed by atoms with E-state index in [9.17, 15) is 5.11 Å². The molecule has 0 saturated carbocycles. The van der Waals surface area contributed by atoms with Crippen LogP contribution in [0.15, 0.2) is 109 Å². The third-order valence-electron chi connectivity index (χ3n) is 6.43. The van der Waals surface area contributed by atoms with Crippen molar-refractivity contribution in [1.82, 2.24) is 4.98 Å². The molecule has 0 unspecified atom stereocenters. The number of phenolic OH excluding ortho intramolecular Hbond substituents is 1. The minimum atomic E-state index is 0.271. The maximum absolute atomic E-state index is 12.0. The standard InChI is InChI=1S/C31H23NO2/c1-34-24-19-11-18-23-28-27(22-16-9-4-10-17-22)31(33)26(21-14-7-3-8-15-21)25(30(28)32-29(23)24)20-12-5-2-6-13-20/h2-19,32-33H,1H3. The summed E-state index contributed by atoms with van der Waals surface area (Å²) in [6.45, 7) is 0. The number of fused-ring (bicyclic) bond motifs is 3. The van der Waals surface area contributed by atoms with Gasteiger partial charge in [0.15, 0.2) is 0 Å². The molecule has 0 atom stereocenters. The van der Waals surface area contributed by atoms with Gasteiger partial charge in [0.05, 0.1) is 18.1 Å². The fraction of sp³-hybridized carbons (Fsp3) is 0.0323. The molecule has 5 aromatic carbocycles. The Kier molecular flexibility index (Phi) is 4.81. The minimum absolute atomic E-state index is 0.271. The molecule has 0 spiro atoms. The first kappa shape index (κ1) is 20.1. The second-order valence-corrected chi connectivity index (χ2v) is 8.33. The number of ether oxygens (including phenoxy) is 1. The Hall–Kier alpha value is -4.50. The van der Waals surface area contributed by atoms with Gasteiger partial charge in [-0.05, 0) is 22.8 Å². The Labute approximate surface area is 197 Å². The SMILES string of the molecule is COc1cccc2c1[nH]c1c(-c3ccccc3)c(-c3ccccc3)c(O)c(-c3ccccc3)c12. The average Bonchev–Trinajstić information content (AvgIpc) is 3.28. The number of hydrogen-bond donors (Lipinski definition) is 2. The number of aromatic hydroxyl groups is 1. The van der Waals surface area contributed by atoms with Crippen LogP contribution in [-0.4, -0.2) is 17.2 Å². The molecule has 164 valence electrons. The highest BCUT2D eigenvalue weighted by molar-refractivity contribution is 6.23. The van der Waals surface area contributed by atoms with Gasteiger partial charge in [-0.15, -0.1) is 0 Å². The molecule has 3 nitrogen and oxygen atoms in total. The van der Waals surface area contributed by atoms with Gasteiger partial charge in [0.1, 0.15) is 11.5 Å². The topological polar surface area (TPSA) is 45.2 Å². The highest BCUT2D eigenvalue weighted by Gasteiger charge is 2.25. The summed E-state index contributed by atoms with van der Waals surface area (Å²) in [4.78, 5) is 3.68. The van der Waals surface area contributed by atoms with Crippen LogP contribution in [0.2, 0.25) is 0 Å². The molecule has 0 fully saturated rings. The van der Waals surface area contributed by atoms with Crippen LogP contribution in [0.25, 0.3) is 55.2 Å². The van der Waals surface area contributed by atoms with Crippen LogP contribution in [0.3, 0.4) is 0 Å². The van der Waals surface area contributed by atoms with Gasteiger partial charge < -0.3 is 14.8 Å². The van der Waals surface area contributed by atoms with Crippen LogP contribution < -0.4 is 4.74 Å². The number of phenols is 1. The van der Waals surface area contributed by atoms with Gasteiger partial charge in [-0.3, -0.25) is 0 Å². The fourth-order valence-corrected chi connectivity index (χ4v) is 4.96. The summed E-state index contributed by atoms with van der Waals surface area (Å²) in [6.07, 6.45) is 0. The Bertz CT molecular complexity index is 1620. The number of para-hydroxylation sites is 1. The van der Waals surface area contributed by atoms with Crippen molar-refractivity contribution in [1.29, 1.82) is 0 Å². The lowest BCUT2D eigenvalue weighted by molar-refractivity contribution is 0.419. The molecule has 1 aromatic heterocycles. The normalized spacial score (nSPS) is 11.2. The minimum Gasteiger partial charge on any atom is -0.507 e. The first-order valence-electron chi connectivity index (χ1n) is 11.3. The van der Waals surface area contributed by atoms with Gasteiger partial charge >= 0.3 is 0 Å². The highest BCUT2D eigenvalue weighted by atomic mass is 16.5. The first-order valence-corrected chi connectivity index (χ1v) is 11.3. The molecule has 0 aliphatic rings. The van der Waals surface area contributed by atoms with E-state index in [2.05, 4.69) is 23.2 Å². The van der Waals surface area contributed by atoms with Gasteiger partial charge in [0, 0.05) is 27.5 Å². The van der Waals surface area contributed by atoms with Gasteiger partial charge in [-0.1, -0.05) is 103 Å². The summed E-state index contributed by atoms with van der Waals surface area (Å²) >= 11 is 0. The van der Waals surface area contributed by atoms with E-state index in [1.807, 2.05) is 91.0 Å². The number of H-pyrrole nitrogens is 1. The number of aromatic nitrogens is 1. The van der Waals surface area contributed by atoms with Crippen molar-refractivity contribution < 1.29 is 9.84 Å². The summed E-state index contributed by atoms with van der Waals surface area (Å²) in [7, 11) is 1.68. The Morgan fingerprint density at radius 3 is 1.65 bits per heavy atom. The lowest BCUT2D eigenvalue weighted by Crippen LogP contribution is -1.92. The van der Waals surface area contributed by atoms with Gasteiger partial charge in [0.2, 0.25) is 0 Å². The molecule has 0 radical (unpaired) electrons. The van der Waals surface area contributed by atoms with Gasteiger partial charge in [0.25, 0.3) is 0 Å². The third kappa shape index (κ3) is 3.06. The van der Waals surface area contributed by atoms with Crippen LogP contribution in [-0.2, 0) is 0 Å². The van der Waals surface area contributed by atoms with Crippen molar-refractivity contribution >= 4 is 21.8 Å². The van der Waals surface area contributed by atoms with Crippen molar-refractivity contribution in [3.63, 3.8) is 0 Å². The molecule has 0 bridgehead atoms. The monoisotopic (exact) mass is 441 g/mol. The van der Waals surface area contributed by atoms with Crippen LogP contribution in [0, 0.1) is 0 Å². The van der Waals surface area contributed by atoms with E-state index in [0.29, 0.717) is 0 Å². The molecule has 0 aliphatic heterocycles. The Morgan fingerprint density at radius 1 is 0.559 bits per heavy atom. The number of rotatable bonds is 4. The van der Waals surface area contributed by atoms with Crippen LogP contribution in [0.4, 0.5) is 0 Å². The summed E-state index contributed by atoms with van der Waals surface area (Å²) in [6, 6.07) is 36.5. The Balaban J connectivity index is 1.89. The largest absolute Gasteiger partial charge is 0.507 e. The quantitative estimate of drug-likeness (QED) is 0.291. The van der Waals surface area contributed by atoms with E-state index in [1.165, 1.54) is 0 Å². The molecule has 1 heterocycles. The number of hydrogen-bond acceptors (Lipinski definition) is 2. The molecule has 0 amide bonds. The number of aromatic amines is 1. The van der Waals surface area contributed by atoms with Crippen molar-refractivity contribution in [2.75, 3.05) is 7.11 Å². The maximum atomic E-state index is 12.0. The molecule has 6 aromatic rings. The average molecular weight is 442 g/mol. The van der Waals surface area contributed by atoms with Gasteiger partial charge in [-0.2, -0.15) is 0 Å². The highest BCUT2D eigenvalue weighted by Crippen LogP contribution is 2.52. The van der Waals surface area contributed by atoms with Crippen LogP contribution >= 0.6 is 0 Å². The zero-order chi connectivity index (χ0) is 23.1. The number of methoxy groups -OCH3 is 1. The number of benzene rings is 5. The zero-order valence-corrected chi connectivity index (χ0v) is 18.7.